The fourth-order valence-corrected chi connectivity index (χ4v) is 4.59. The lowest BCUT2D eigenvalue weighted by Gasteiger charge is -2.22. The van der Waals surface area contributed by atoms with Gasteiger partial charge in [-0.1, -0.05) is 18.2 Å². The molecule has 0 aliphatic carbocycles. The van der Waals surface area contributed by atoms with E-state index in [1.54, 1.807) is 11.8 Å². The van der Waals surface area contributed by atoms with E-state index in [9.17, 15) is 18.0 Å². The Morgan fingerprint density at radius 3 is 2.46 bits per heavy atom. The molecule has 1 amide bonds. The number of hydrogen-bond acceptors (Lipinski definition) is 5. The number of halogens is 3. The average Bonchev–Trinajstić information content (AvgIpc) is 2.98. The van der Waals surface area contributed by atoms with Crippen LogP contribution in [0.4, 0.5) is 24.7 Å². The smallest absolute Gasteiger partial charge is 0.266 e. The molecule has 35 heavy (non-hydrogen) atoms. The van der Waals surface area contributed by atoms with Crippen molar-refractivity contribution in [3.8, 4) is 0 Å². The molecule has 1 unspecified atom stereocenters. The van der Waals surface area contributed by atoms with E-state index in [0.29, 0.717) is 24.6 Å². The summed E-state index contributed by atoms with van der Waals surface area (Å²) in [4.78, 5) is 17.1. The third kappa shape index (κ3) is 4.33. The lowest BCUT2D eigenvalue weighted by molar-refractivity contribution is -0.122. The summed E-state index contributed by atoms with van der Waals surface area (Å²) >= 11 is 0. The summed E-state index contributed by atoms with van der Waals surface area (Å²) in [6, 6.07) is 7.24. The number of anilines is 2. The largest absolute Gasteiger partial charge is 0.361 e. The van der Waals surface area contributed by atoms with Gasteiger partial charge in [-0.05, 0) is 59.5 Å². The Bertz CT molecular complexity index is 1290. The van der Waals surface area contributed by atoms with Crippen molar-refractivity contribution < 1.29 is 18.0 Å². The second-order valence-electron chi connectivity index (χ2n) is 9.85. The van der Waals surface area contributed by atoms with Gasteiger partial charge in [0.05, 0.1) is 22.7 Å². The van der Waals surface area contributed by atoms with Crippen LogP contribution in [0.3, 0.4) is 0 Å². The summed E-state index contributed by atoms with van der Waals surface area (Å²) in [5, 5.41) is 13.3. The molecule has 3 aromatic rings. The number of benzene rings is 2. The Hall–Kier alpha value is -3.20. The van der Waals surface area contributed by atoms with E-state index in [0.717, 1.165) is 28.1 Å². The lowest BCUT2D eigenvalue weighted by atomic mass is 9.85. The molecule has 0 fully saturated rings. The SMILES string of the molecule is Cc1nnc(NC(C)c2cccc(C(F)F)c2F)c2cc3c(cc12)C(C)(C)C(=O)N3CCN(C)C. The number of aromatic nitrogens is 2. The molecule has 2 heterocycles. The molecule has 1 aromatic heterocycles. The number of rotatable bonds is 7. The number of carbonyl (C=O) groups is 1. The molecule has 1 aliphatic rings. The maximum absolute atomic E-state index is 14.8. The minimum Gasteiger partial charge on any atom is -0.361 e. The van der Waals surface area contributed by atoms with Gasteiger partial charge in [0.1, 0.15) is 5.82 Å². The van der Waals surface area contributed by atoms with E-state index < -0.39 is 29.3 Å². The van der Waals surface area contributed by atoms with Gasteiger partial charge < -0.3 is 15.1 Å². The highest BCUT2D eigenvalue weighted by Gasteiger charge is 2.44. The highest BCUT2D eigenvalue weighted by molar-refractivity contribution is 6.11. The van der Waals surface area contributed by atoms with Gasteiger partial charge in [-0.3, -0.25) is 4.79 Å². The van der Waals surface area contributed by atoms with Crippen LogP contribution in [0.25, 0.3) is 10.8 Å². The molecule has 0 spiro atoms. The number of alkyl halides is 2. The maximum atomic E-state index is 14.8. The number of nitrogens with zero attached hydrogens (tertiary/aromatic N) is 4. The number of likely N-dealkylation sites (N-methyl/N-ethyl adjacent to an activating group) is 1. The highest BCUT2D eigenvalue weighted by Crippen LogP contribution is 2.45. The van der Waals surface area contributed by atoms with E-state index in [-0.39, 0.29) is 11.5 Å². The van der Waals surface area contributed by atoms with Crippen LogP contribution >= 0.6 is 0 Å². The minimum absolute atomic E-state index is 0.0250. The van der Waals surface area contributed by atoms with Gasteiger partial charge in [0.15, 0.2) is 5.82 Å². The Labute approximate surface area is 203 Å². The second-order valence-corrected chi connectivity index (χ2v) is 9.85. The Balaban J connectivity index is 1.80. The van der Waals surface area contributed by atoms with E-state index in [1.165, 1.54) is 12.1 Å². The first-order valence-corrected chi connectivity index (χ1v) is 11.5. The number of carbonyl (C=O) groups excluding carboxylic acids is 1. The Morgan fingerprint density at radius 2 is 1.80 bits per heavy atom. The van der Waals surface area contributed by atoms with Gasteiger partial charge in [-0.25, -0.2) is 13.2 Å². The summed E-state index contributed by atoms with van der Waals surface area (Å²) in [5.41, 5.74) is 1.21. The predicted octanol–water partition coefficient (Wildman–Crippen LogP) is 5.37. The third-order valence-corrected chi connectivity index (χ3v) is 6.71. The number of hydrogen-bond donors (Lipinski definition) is 1. The Morgan fingerprint density at radius 1 is 1.11 bits per heavy atom. The van der Waals surface area contributed by atoms with Crippen molar-refractivity contribution in [3.63, 3.8) is 0 Å². The molecule has 0 saturated carbocycles. The van der Waals surface area contributed by atoms with Gasteiger partial charge in [0, 0.05) is 35.1 Å². The molecule has 1 aliphatic heterocycles. The van der Waals surface area contributed by atoms with Crippen LogP contribution in [0.2, 0.25) is 0 Å². The minimum atomic E-state index is -2.90. The Kier molecular flexibility index (Phi) is 6.48. The van der Waals surface area contributed by atoms with Gasteiger partial charge in [-0.15, -0.1) is 5.10 Å². The van der Waals surface area contributed by atoms with Crippen LogP contribution in [0.1, 0.15) is 55.6 Å². The van der Waals surface area contributed by atoms with Crippen LogP contribution in [0, 0.1) is 12.7 Å². The maximum Gasteiger partial charge on any atom is 0.266 e. The number of fused-ring (bicyclic) bond motifs is 2. The molecule has 186 valence electrons. The van der Waals surface area contributed by atoms with Gasteiger partial charge in [0.25, 0.3) is 6.43 Å². The van der Waals surface area contributed by atoms with E-state index in [2.05, 4.69) is 15.5 Å². The zero-order valence-electron chi connectivity index (χ0n) is 20.8. The van der Waals surface area contributed by atoms with Gasteiger partial charge in [-0.2, -0.15) is 5.10 Å². The van der Waals surface area contributed by atoms with Crippen LogP contribution in [-0.2, 0) is 10.2 Å². The van der Waals surface area contributed by atoms with E-state index in [4.69, 9.17) is 0 Å². The fourth-order valence-electron chi connectivity index (χ4n) is 4.59. The molecule has 1 atom stereocenters. The third-order valence-electron chi connectivity index (χ3n) is 6.71. The summed E-state index contributed by atoms with van der Waals surface area (Å²) in [7, 11) is 3.91. The topological polar surface area (TPSA) is 61.4 Å². The molecule has 0 bridgehead atoms. The number of amides is 1. The molecule has 4 rings (SSSR count). The van der Waals surface area contributed by atoms with Crippen LogP contribution < -0.4 is 10.2 Å². The summed E-state index contributed by atoms with van der Waals surface area (Å²) in [6.45, 7) is 8.60. The molecule has 0 radical (unpaired) electrons. The van der Waals surface area contributed by atoms with Crippen LogP contribution in [-0.4, -0.2) is 48.2 Å². The molecular weight excluding hydrogens is 455 g/mol. The van der Waals surface area contributed by atoms with Crippen molar-refractivity contribution in [2.45, 2.75) is 45.6 Å². The zero-order valence-corrected chi connectivity index (χ0v) is 20.8. The number of aryl methyl sites for hydroxylation is 1. The lowest BCUT2D eigenvalue weighted by Crippen LogP contribution is -2.39. The molecule has 0 saturated heterocycles. The van der Waals surface area contributed by atoms with Crippen molar-refractivity contribution in [2.24, 2.45) is 0 Å². The fraction of sp³-hybridized carbons (Fsp3) is 0.423. The number of nitrogens with one attached hydrogen (secondary N) is 1. The second kappa shape index (κ2) is 9.11. The first-order valence-electron chi connectivity index (χ1n) is 11.5. The first-order chi connectivity index (χ1) is 16.4. The van der Waals surface area contributed by atoms with E-state index in [1.807, 2.05) is 51.9 Å². The van der Waals surface area contributed by atoms with Crippen molar-refractivity contribution in [1.82, 2.24) is 15.1 Å². The van der Waals surface area contributed by atoms with Gasteiger partial charge >= 0.3 is 0 Å². The van der Waals surface area contributed by atoms with E-state index >= 15 is 0 Å². The molecular formula is C26H30F3N5O. The summed E-state index contributed by atoms with van der Waals surface area (Å²) in [5.74, 6) is -0.514. The van der Waals surface area contributed by atoms with Crippen LogP contribution in [0.15, 0.2) is 30.3 Å². The van der Waals surface area contributed by atoms with Crippen molar-refractivity contribution in [3.05, 3.63) is 58.5 Å². The summed E-state index contributed by atoms with van der Waals surface area (Å²) in [6.07, 6.45) is -2.90. The van der Waals surface area contributed by atoms with Crippen molar-refractivity contribution in [1.29, 1.82) is 0 Å². The zero-order chi connectivity index (χ0) is 25.7. The van der Waals surface area contributed by atoms with Crippen molar-refractivity contribution in [2.75, 3.05) is 37.4 Å². The average molecular weight is 486 g/mol. The molecule has 2 aromatic carbocycles. The normalized spacial score (nSPS) is 15.9. The molecule has 6 nitrogen and oxygen atoms in total. The quantitative estimate of drug-likeness (QED) is 0.487. The molecule has 9 heteroatoms. The monoisotopic (exact) mass is 485 g/mol. The van der Waals surface area contributed by atoms with Crippen LogP contribution in [0.5, 0.6) is 0 Å². The first kappa shape index (κ1) is 24.9. The highest BCUT2D eigenvalue weighted by atomic mass is 19.3. The summed E-state index contributed by atoms with van der Waals surface area (Å²) < 4.78 is 41.2. The predicted molar refractivity (Wildman–Crippen MR) is 132 cm³/mol. The van der Waals surface area contributed by atoms with Crippen molar-refractivity contribution >= 4 is 28.2 Å². The van der Waals surface area contributed by atoms with Gasteiger partial charge in [0.2, 0.25) is 5.91 Å². The standard InChI is InChI=1S/C26H30F3N5O/c1-14(16-8-7-9-17(22(16)27)23(28)29)30-24-19-13-21-20(12-18(19)15(2)31-32-24)26(3,4)25(35)34(21)11-10-33(5)6/h7-9,12-14,23H,10-11H2,1-6H3,(H,30,32). The molecule has 1 N–H and O–H groups in total.